The number of rotatable bonds is 6. The standard InChI is InChI=1S/C16H28N2O2/c1-3-5-6-9-12-18-14(19)13(4-2)17-15(20)16(18)10-7-8-11-16/h13H,3-12H2,1-2H3,(H,17,20). The molecule has 1 aliphatic heterocycles. The Morgan fingerprint density at radius 3 is 2.45 bits per heavy atom. The highest BCUT2D eigenvalue weighted by Crippen LogP contribution is 2.38. The molecule has 1 aliphatic carbocycles. The Morgan fingerprint density at radius 1 is 1.15 bits per heavy atom. The van der Waals surface area contributed by atoms with Crippen LogP contribution in [0, 0.1) is 0 Å². The maximum Gasteiger partial charge on any atom is 0.246 e. The minimum Gasteiger partial charge on any atom is -0.342 e. The Labute approximate surface area is 122 Å². The van der Waals surface area contributed by atoms with Crippen LogP contribution in [0.2, 0.25) is 0 Å². The summed E-state index contributed by atoms with van der Waals surface area (Å²) in [6.07, 6.45) is 9.05. The summed E-state index contributed by atoms with van der Waals surface area (Å²) in [7, 11) is 0. The number of unbranched alkanes of at least 4 members (excludes halogenated alkanes) is 3. The van der Waals surface area contributed by atoms with E-state index >= 15 is 0 Å². The third kappa shape index (κ3) is 2.70. The first kappa shape index (κ1) is 15.3. The van der Waals surface area contributed by atoms with Crippen LogP contribution in [0.3, 0.4) is 0 Å². The van der Waals surface area contributed by atoms with Gasteiger partial charge >= 0.3 is 0 Å². The molecule has 1 saturated carbocycles. The van der Waals surface area contributed by atoms with Crippen molar-refractivity contribution in [2.75, 3.05) is 6.54 Å². The fourth-order valence-corrected chi connectivity index (χ4v) is 3.63. The molecule has 114 valence electrons. The summed E-state index contributed by atoms with van der Waals surface area (Å²) in [6.45, 7) is 4.90. The molecule has 1 unspecified atom stereocenters. The molecule has 2 amide bonds. The van der Waals surface area contributed by atoms with Gasteiger partial charge in [-0.25, -0.2) is 0 Å². The highest BCUT2D eigenvalue weighted by atomic mass is 16.2. The largest absolute Gasteiger partial charge is 0.342 e. The van der Waals surface area contributed by atoms with Crippen LogP contribution in [-0.2, 0) is 9.59 Å². The van der Waals surface area contributed by atoms with E-state index in [-0.39, 0.29) is 17.9 Å². The maximum absolute atomic E-state index is 12.6. The summed E-state index contributed by atoms with van der Waals surface area (Å²) in [4.78, 5) is 27.1. The van der Waals surface area contributed by atoms with E-state index in [1.165, 1.54) is 12.8 Å². The minimum atomic E-state index is -0.519. The van der Waals surface area contributed by atoms with Crippen LogP contribution in [0.4, 0.5) is 0 Å². The summed E-state index contributed by atoms with van der Waals surface area (Å²) in [5.41, 5.74) is -0.519. The number of nitrogens with one attached hydrogen (secondary N) is 1. The van der Waals surface area contributed by atoms with Gasteiger partial charge in [-0.2, -0.15) is 0 Å². The number of piperazine rings is 1. The Morgan fingerprint density at radius 2 is 1.85 bits per heavy atom. The molecule has 1 saturated heterocycles. The molecule has 2 rings (SSSR count). The minimum absolute atomic E-state index is 0.0944. The van der Waals surface area contributed by atoms with Crippen LogP contribution < -0.4 is 5.32 Å². The SMILES string of the molecule is CCCCCCN1C(=O)C(CC)NC(=O)C12CCCC2. The van der Waals surface area contributed by atoms with Crippen molar-refractivity contribution < 1.29 is 9.59 Å². The van der Waals surface area contributed by atoms with Crippen molar-refractivity contribution in [1.29, 1.82) is 0 Å². The molecule has 0 bridgehead atoms. The zero-order valence-electron chi connectivity index (χ0n) is 12.9. The fourth-order valence-electron chi connectivity index (χ4n) is 3.63. The Bertz CT molecular complexity index is 361. The molecular weight excluding hydrogens is 252 g/mol. The maximum atomic E-state index is 12.6. The summed E-state index contributed by atoms with van der Waals surface area (Å²) >= 11 is 0. The van der Waals surface area contributed by atoms with Crippen LogP contribution in [0.15, 0.2) is 0 Å². The van der Waals surface area contributed by atoms with Gasteiger partial charge < -0.3 is 10.2 Å². The lowest BCUT2D eigenvalue weighted by Crippen LogP contribution is -2.69. The van der Waals surface area contributed by atoms with Crippen LogP contribution in [-0.4, -0.2) is 34.8 Å². The van der Waals surface area contributed by atoms with E-state index in [1.54, 1.807) is 0 Å². The second-order valence-electron chi connectivity index (χ2n) is 6.22. The number of hydrogen-bond acceptors (Lipinski definition) is 2. The molecule has 1 heterocycles. The Balaban J connectivity index is 2.11. The topological polar surface area (TPSA) is 49.4 Å². The second-order valence-corrected chi connectivity index (χ2v) is 6.22. The monoisotopic (exact) mass is 280 g/mol. The fraction of sp³-hybridized carbons (Fsp3) is 0.875. The highest BCUT2D eigenvalue weighted by Gasteiger charge is 2.52. The summed E-state index contributed by atoms with van der Waals surface area (Å²) in [6, 6.07) is -0.306. The van der Waals surface area contributed by atoms with Gasteiger partial charge in [-0.15, -0.1) is 0 Å². The van der Waals surface area contributed by atoms with Gasteiger partial charge in [0.05, 0.1) is 0 Å². The molecule has 1 spiro atoms. The van der Waals surface area contributed by atoms with Crippen LogP contribution in [0.25, 0.3) is 0 Å². The smallest absolute Gasteiger partial charge is 0.246 e. The zero-order chi connectivity index (χ0) is 14.6. The van der Waals surface area contributed by atoms with Crippen molar-refractivity contribution in [3.05, 3.63) is 0 Å². The van der Waals surface area contributed by atoms with Crippen LogP contribution in [0.5, 0.6) is 0 Å². The molecule has 1 atom stereocenters. The molecular formula is C16H28N2O2. The molecule has 2 fully saturated rings. The first-order valence-electron chi connectivity index (χ1n) is 8.28. The lowest BCUT2D eigenvalue weighted by atomic mass is 9.88. The molecule has 0 aromatic heterocycles. The third-order valence-electron chi connectivity index (χ3n) is 4.88. The number of amides is 2. The van der Waals surface area contributed by atoms with Gasteiger partial charge in [-0.05, 0) is 25.7 Å². The van der Waals surface area contributed by atoms with E-state index in [2.05, 4.69) is 12.2 Å². The van der Waals surface area contributed by atoms with E-state index < -0.39 is 5.54 Å². The predicted molar refractivity (Wildman–Crippen MR) is 79.3 cm³/mol. The van der Waals surface area contributed by atoms with Gasteiger partial charge in [0.1, 0.15) is 11.6 Å². The van der Waals surface area contributed by atoms with Crippen molar-refractivity contribution in [3.8, 4) is 0 Å². The highest BCUT2D eigenvalue weighted by molar-refractivity contribution is 6.00. The second kappa shape index (κ2) is 6.59. The molecule has 0 radical (unpaired) electrons. The van der Waals surface area contributed by atoms with Crippen LogP contribution >= 0.6 is 0 Å². The Hall–Kier alpha value is -1.06. The zero-order valence-corrected chi connectivity index (χ0v) is 12.9. The third-order valence-corrected chi connectivity index (χ3v) is 4.88. The number of hydrogen-bond donors (Lipinski definition) is 1. The molecule has 4 nitrogen and oxygen atoms in total. The van der Waals surface area contributed by atoms with E-state index in [0.29, 0.717) is 6.42 Å². The Kier molecular flexibility index (Phi) is 5.06. The van der Waals surface area contributed by atoms with Crippen molar-refractivity contribution in [2.24, 2.45) is 0 Å². The molecule has 20 heavy (non-hydrogen) atoms. The summed E-state index contributed by atoms with van der Waals surface area (Å²) in [5, 5.41) is 2.95. The van der Waals surface area contributed by atoms with E-state index in [0.717, 1.165) is 45.1 Å². The molecule has 4 heteroatoms. The predicted octanol–water partition coefficient (Wildman–Crippen LogP) is 2.62. The van der Waals surface area contributed by atoms with Gasteiger partial charge in [0.2, 0.25) is 11.8 Å². The normalized spacial score (nSPS) is 25.3. The summed E-state index contributed by atoms with van der Waals surface area (Å²) in [5.74, 6) is 0.238. The van der Waals surface area contributed by atoms with Crippen LogP contribution in [0.1, 0.15) is 71.6 Å². The number of nitrogens with zero attached hydrogens (tertiary/aromatic N) is 1. The van der Waals surface area contributed by atoms with Gasteiger partial charge in [0.15, 0.2) is 0 Å². The summed E-state index contributed by atoms with van der Waals surface area (Å²) < 4.78 is 0. The molecule has 2 aliphatic rings. The average molecular weight is 280 g/mol. The lowest BCUT2D eigenvalue weighted by Gasteiger charge is -2.46. The van der Waals surface area contributed by atoms with E-state index in [1.807, 2.05) is 11.8 Å². The van der Waals surface area contributed by atoms with Crippen molar-refractivity contribution in [1.82, 2.24) is 10.2 Å². The average Bonchev–Trinajstić information content (AvgIpc) is 2.93. The first-order valence-corrected chi connectivity index (χ1v) is 8.28. The molecule has 0 aromatic carbocycles. The first-order chi connectivity index (χ1) is 9.65. The molecule has 0 aromatic rings. The van der Waals surface area contributed by atoms with E-state index in [4.69, 9.17) is 0 Å². The van der Waals surface area contributed by atoms with Gasteiger partial charge in [0, 0.05) is 6.54 Å². The van der Waals surface area contributed by atoms with Crippen molar-refractivity contribution in [2.45, 2.75) is 83.2 Å². The number of carbonyl (C=O) groups is 2. The molecule has 1 N–H and O–H groups in total. The van der Waals surface area contributed by atoms with E-state index in [9.17, 15) is 9.59 Å². The van der Waals surface area contributed by atoms with Gasteiger partial charge in [-0.3, -0.25) is 9.59 Å². The quantitative estimate of drug-likeness (QED) is 0.760. The van der Waals surface area contributed by atoms with Crippen molar-refractivity contribution in [3.63, 3.8) is 0 Å². The van der Waals surface area contributed by atoms with Gasteiger partial charge in [-0.1, -0.05) is 46.0 Å². The lowest BCUT2D eigenvalue weighted by molar-refractivity contribution is -0.157. The van der Waals surface area contributed by atoms with Gasteiger partial charge in [0.25, 0.3) is 0 Å². The van der Waals surface area contributed by atoms with Crippen molar-refractivity contribution >= 4 is 11.8 Å². The number of carbonyl (C=O) groups excluding carboxylic acids is 2.